The lowest BCUT2D eigenvalue weighted by Gasteiger charge is -2.07. The van der Waals surface area contributed by atoms with Crippen molar-refractivity contribution in [3.63, 3.8) is 0 Å². The van der Waals surface area contributed by atoms with Crippen molar-refractivity contribution >= 4 is 5.90 Å². The Morgan fingerprint density at radius 2 is 2.11 bits per heavy atom. The fraction of sp³-hybridized carbons (Fsp3) is 0.400. The number of nitrogens with zero attached hydrogens (tertiary/aromatic N) is 1. The molecular formula is C15H17NO2. The number of benzene rings is 1. The first-order chi connectivity index (χ1) is 8.66. The van der Waals surface area contributed by atoms with Crippen LogP contribution in [0.2, 0.25) is 0 Å². The highest BCUT2D eigenvalue weighted by molar-refractivity contribution is 5.79. The number of aliphatic imine (C=N–C) groups is 1. The van der Waals surface area contributed by atoms with Crippen molar-refractivity contribution in [1.82, 2.24) is 0 Å². The van der Waals surface area contributed by atoms with Crippen molar-refractivity contribution in [3.8, 4) is 11.8 Å². The van der Waals surface area contributed by atoms with E-state index >= 15 is 0 Å². The van der Waals surface area contributed by atoms with E-state index in [4.69, 9.17) is 9.47 Å². The van der Waals surface area contributed by atoms with E-state index in [1.165, 1.54) is 0 Å². The molecule has 0 unspecified atom stereocenters. The Kier molecular flexibility index (Phi) is 4.01. The van der Waals surface area contributed by atoms with Gasteiger partial charge in [-0.1, -0.05) is 30.0 Å². The van der Waals surface area contributed by atoms with Crippen LogP contribution in [0.3, 0.4) is 0 Å². The van der Waals surface area contributed by atoms with Crippen LogP contribution in [-0.4, -0.2) is 31.3 Å². The summed E-state index contributed by atoms with van der Waals surface area (Å²) in [6.45, 7) is 5.48. The summed E-state index contributed by atoms with van der Waals surface area (Å²) in [5, 5.41) is 0. The van der Waals surface area contributed by atoms with Crippen molar-refractivity contribution in [2.24, 2.45) is 4.99 Å². The van der Waals surface area contributed by atoms with Crippen molar-refractivity contribution in [3.05, 3.63) is 35.9 Å². The topological polar surface area (TPSA) is 30.8 Å². The van der Waals surface area contributed by atoms with Gasteiger partial charge < -0.3 is 9.47 Å². The minimum Gasteiger partial charge on any atom is -0.477 e. The quantitative estimate of drug-likeness (QED) is 0.602. The molecule has 0 saturated carbocycles. The molecule has 0 saturated heterocycles. The normalized spacial score (nSPS) is 16.4. The molecule has 3 nitrogen and oxygen atoms in total. The van der Waals surface area contributed by atoms with Gasteiger partial charge in [-0.2, -0.15) is 0 Å². The summed E-state index contributed by atoms with van der Waals surface area (Å²) in [5.74, 6) is 6.66. The third kappa shape index (κ3) is 3.90. The number of hydrogen-bond donors (Lipinski definition) is 0. The molecule has 1 aliphatic rings. The van der Waals surface area contributed by atoms with Gasteiger partial charge in [0.05, 0.1) is 5.54 Å². The smallest absolute Gasteiger partial charge is 0.210 e. The van der Waals surface area contributed by atoms with Gasteiger partial charge in [-0.05, 0) is 26.0 Å². The molecule has 0 fully saturated rings. The van der Waals surface area contributed by atoms with Gasteiger partial charge >= 0.3 is 0 Å². The zero-order valence-electron chi connectivity index (χ0n) is 10.8. The van der Waals surface area contributed by atoms with Crippen molar-refractivity contribution in [2.45, 2.75) is 19.4 Å². The molecule has 0 atom stereocenters. The molecule has 1 aromatic rings. The van der Waals surface area contributed by atoms with Gasteiger partial charge in [0.1, 0.15) is 19.8 Å². The lowest BCUT2D eigenvalue weighted by molar-refractivity contribution is 0.182. The molecule has 0 amide bonds. The van der Waals surface area contributed by atoms with Gasteiger partial charge in [0.2, 0.25) is 5.90 Å². The van der Waals surface area contributed by atoms with Gasteiger partial charge in [0.25, 0.3) is 0 Å². The third-order valence-corrected chi connectivity index (χ3v) is 2.43. The Morgan fingerprint density at radius 3 is 2.78 bits per heavy atom. The van der Waals surface area contributed by atoms with E-state index in [-0.39, 0.29) is 5.54 Å². The lowest BCUT2D eigenvalue weighted by Crippen LogP contribution is -2.17. The van der Waals surface area contributed by atoms with E-state index in [0.29, 0.717) is 25.7 Å². The molecule has 0 spiro atoms. The number of rotatable bonds is 3. The molecular weight excluding hydrogens is 226 g/mol. The number of ether oxygens (including phenoxy) is 2. The van der Waals surface area contributed by atoms with E-state index in [2.05, 4.69) is 16.8 Å². The van der Waals surface area contributed by atoms with Crippen LogP contribution in [0.25, 0.3) is 0 Å². The molecule has 1 heterocycles. The molecule has 1 aromatic carbocycles. The molecule has 18 heavy (non-hydrogen) atoms. The largest absolute Gasteiger partial charge is 0.477 e. The molecule has 0 radical (unpaired) electrons. The lowest BCUT2D eigenvalue weighted by atomic mass is 10.1. The molecule has 0 bridgehead atoms. The van der Waals surface area contributed by atoms with E-state index in [9.17, 15) is 0 Å². The average molecular weight is 243 g/mol. The van der Waals surface area contributed by atoms with Crippen LogP contribution < -0.4 is 0 Å². The van der Waals surface area contributed by atoms with E-state index < -0.39 is 0 Å². The summed E-state index contributed by atoms with van der Waals surface area (Å²) in [4.78, 5) is 4.40. The minimum absolute atomic E-state index is 0.117. The summed E-state index contributed by atoms with van der Waals surface area (Å²) in [6, 6.07) is 9.85. The second-order valence-electron chi connectivity index (χ2n) is 4.77. The first-order valence-corrected chi connectivity index (χ1v) is 5.99. The van der Waals surface area contributed by atoms with Gasteiger partial charge in [-0.25, -0.2) is 4.99 Å². The fourth-order valence-corrected chi connectivity index (χ4v) is 1.58. The monoisotopic (exact) mass is 243 g/mol. The summed E-state index contributed by atoms with van der Waals surface area (Å²) in [6.07, 6.45) is 0. The van der Waals surface area contributed by atoms with E-state index in [1.807, 2.05) is 44.2 Å². The summed E-state index contributed by atoms with van der Waals surface area (Å²) >= 11 is 0. The highest BCUT2D eigenvalue weighted by atomic mass is 16.5. The van der Waals surface area contributed by atoms with Crippen LogP contribution >= 0.6 is 0 Å². The zero-order chi connectivity index (χ0) is 12.8. The van der Waals surface area contributed by atoms with Gasteiger partial charge in [0.15, 0.2) is 0 Å². The van der Waals surface area contributed by atoms with Crippen LogP contribution in [0.5, 0.6) is 0 Å². The molecule has 0 aromatic heterocycles. The van der Waals surface area contributed by atoms with Crippen molar-refractivity contribution in [2.75, 3.05) is 19.8 Å². The first-order valence-electron chi connectivity index (χ1n) is 5.99. The molecule has 3 heteroatoms. The fourth-order valence-electron chi connectivity index (χ4n) is 1.58. The predicted octanol–water partition coefficient (Wildman–Crippen LogP) is 2.26. The maximum atomic E-state index is 5.41. The third-order valence-electron chi connectivity index (χ3n) is 2.43. The first kappa shape index (κ1) is 12.7. The maximum Gasteiger partial charge on any atom is 0.210 e. The van der Waals surface area contributed by atoms with Gasteiger partial charge in [0, 0.05) is 5.56 Å². The van der Waals surface area contributed by atoms with E-state index in [0.717, 1.165) is 5.56 Å². The summed E-state index contributed by atoms with van der Waals surface area (Å²) in [5.41, 5.74) is 0.880. The van der Waals surface area contributed by atoms with Crippen LogP contribution in [0.4, 0.5) is 0 Å². The second-order valence-corrected chi connectivity index (χ2v) is 4.77. The molecule has 94 valence electrons. The molecule has 0 aliphatic carbocycles. The standard InChI is InChI=1S/C15H17NO2/c1-15(2)12-18-14(16-15)11-17-10-6-9-13-7-4-3-5-8-13/h3-5,7-8H,10-12H2,1-2H3. The SMILES string of the molecule is CC1(C)COC(COCC#Cc2ccccc2)=N1. The maximum absolute atomic E-state index is 5.41. The van der Waals surface area contributed by atoms with Crippen LogP contribution in [-0.2, 0) is 9.47 Å². The average Bonchev–Trinajstić information content (AvgIpc) is 2.70. The summed E-state index contributed by atoms with van der Waals surface area (Å²) < 4.78 is 10.8. The Labute approximate surface area is 108 Å². The Hall–Kier alpha value is -1.79. The van der Waals surface area contributed by atoms with Crippen LogP contribution in [0.15, 0.2) is 35.3 Å². The Bertz CT molecular complexity index is 480. The van der Waals surface area contributed by atoms with Crippen molar-refractivity contribution in [1.29, 1.82) is 0 Å². The van der Waals surface area contributed by atoms with Gasteiger partial charge in [-0.3, -0.25) is 0 Å². The second kappa shape index (κ2) is 5.70. The number of hydrogen-bond acceptors (Lipinski definition) is 3. The Balaban J connectivity index is 1.73. The predicted molar refractivity (Wildman–Crippen MR) is 71.6 cm³/mol. The highest BCUT2D eigenvalue weighted by Crippen LogP contribution is 2.16. The Morgan fingerprint density at radius 1 is 1.33 bits per heavy atom. The zero-order valence-corrected chi connectivity index (χ0v) is 10.8. The molecule has 2 rings (SSSR count). The highest BCUT2D eigenvalue weighted by Gasteiger charge is 2.25. The molecule has 0 N–H and O–H groups in total. The van der Waals surface area contributed by atoms with E-state index in [1.54, 1.807) is 0 Å². The van der Waals surface area contributed by atoms with Crippen LogP contribution in [0.1, 0.15) is 19.4 Å². The van der Waals surface area contributed by atoms with Gasteiger partial charge in [-0.15, -0.1) is 0 Å². The molecule has 1 aliphatic heterocycles. The van der Waals surface area contributed by atoms with Crippen molar-refractivity contribution < 1.29 is 9.47 Å². The minimum atomic E-state index is -0.117. The summed E-state index contributed by atoms with van der Waals surface area (Å²) in [7, 11) is 0. The van der Waals surface area contributed by atoms with Crippen LogP contribution in [0, 0.1) is 11.8 Å².